The van der Waals surface area contributed by atoms with Crippen LogP contribution >= 0.6 is 11.8 Å². The number of hydrogen-bond donors (Lipinski definition) is 3. The van der Waals surface area contributed by atoms with E-state index in [-0.39, 0.29) is 11.8 Å². The molecule has 2 rings (SSSR count). The van der Waals surface area contributed by atoms with Crippen LogP contribution in [-0.4, -0.2) is 37.7 Å². The average molecular weight is 293 g/mol. The van der Waals surface area contributed by atoms with Gasteiger partial charge in [0.15, 0.2) is 0 Å². The van der Waals surface area contributed by atoms with Gasteiger partial charge in [0.05, 0.1) is 5.69 Å². The van der Waals surface area contributed by atoms with Crippen molar-refractivity contribution < 1.29 is 9.59 Å². The van der Waals surface area contributed by atoms with Gasteiger partial charge in [-0.15, -0.1) is 11.8 Å². The van der Waals surface area contributed by atoms with Gasteiger partial charge < -0.3 is 16.0 Å². The zero-order chi connectivity index (χ0) is 14.5. The standard InChI is InChI=1S/C14H19N3O2S/c1-9(18)17-12-4-3-11(5-13(12)20-2)14(19)16-8-10-6-15-7-10/h3-5,10,15H,6-8H2,1-2H3,(H,16,19)(H,17,18). The minimum atomic E-state index is -0.116. The lowest BCUT2D eigenvalue weighted by Crippen LogP contribution is -2.48. The molecule has 0 saturated carbocycles. The molecule has 1 aromatic rings. The fraction of sp³-hybridized carbons (Fsp3) is 0.429. The summed E-state index contributed by atoms with van der Waals surface area (Å²) in [6.07, 6.45) is 1.92. The van der Waals surface area contributed by atoms with Crippen LogP contribution in [0.15, 0.2) is 23.1 Å². The van der Waals surface area contributed by atoms with Crippen LogP contribution in [0.3, 0.4) is 0 Å². The predicted octanol–water partition coefficient (Wildman–Crippen LogP) is 1.32. The molecule has 1 fully saturated rings. The Kier molecular flexibility index (Phi) is 5.03. The lowest BCUT2D eigenvalue weighted by Gasteiger charge is -2.27. The van der Waals surface area contributed by atoms with Gasteiger partial charge in [0, 0.05) is 42.9 Å². The molecule has 1 aliphatic rings. The summed E-state index contributed by atoms with van der Waals surface area (Å²) in [6, 6.07) is 5.32. The Bertz CT molecular complexity index is 515. The molecule has 20 heavy (non-hydrogen) atoms. The van der Waals surface area contributed by atoms with E-state index in [1.807, 2.05) is 12.3 Å². The van der Waals surface area contributed by atoms with Crippen LogP contribution < -0.4 is 16.0 Å². The van der Waals surface area contributed by atoms with Gasteiger partial charge in [0.2, 0.25) is 5.91 Å². The minimum Gasteiger partial charge on any atom is -0.352 e. The quantitative estimate of drug-likeness (QED) is 0.716. The second kappa shape index (κ2) is 6.76. The smallest absolute Gasteiger partial charge is 0.251 e. The molecule has 2 amide bonds. The maximum atomic E-state index is 12.1. The molecule has 0 bridgehead atoms. The molecular weight excluding hydrogens is 274 g/mol. The van der Waals surface area contributed by atoms with Crippen LogP contribution in [0.2, 0.25) is 0 Å². The highest BCUT2D eigenvalue weighted by atomic mass is 32.2. The molecule has 0 aromatic heterocycles. The summed E-state index contributed by atoms with van der Waals surface area (Å²) in [5, 5.41) is 8.87. The first-order valence-electron chi connectivity index (χ1n) is 6.54. The van der Waals surface area contributed by atoms with E-state index in [4.69, 9.17) is 0 Å². The molecule has 0 spiro atoms. The normalized spacial score (nSPS) is 14.5. The molecule has 1 aromatic carbocycles. The molecule has 1 aliphatic heterocycles. The Morgan fingerprint density at radius 1 is 1.40 bits per heavy atom. The third-order valence-electron chi connectivity index (χ3n) is 3.19. The van der Waals surface area contributed by atoms with E-state index in [0.29, 0.717) is 18.0 Å². The Hall–Kier alpha value is -1.53. The SMILES string of the molecule is CSc1cc(C(=O)NCC2CNC2)ccc1NC(C)=O. The van der Waals surface area contributed by atoms with Crippen molar-refractivity contribution in [2.24, 2.45) is 5.92 Å². The summed E-state index contributed by atoms with van der Waals surface area (Å²) < 4.78 is 0. The average Bonchev–Trinajstić information content (AvgIpc) is 2.36. The van der Waals surface area contributed by atoms with Crippen molar-refractivity contribution in [1.29, 1.82) is 0 Å². The molecule has 108 valence electrons. The summed E-state index contributed by atoms with van der Waals surface area (Å²) in [4.78, 5) is 24.1. The summed E-state index contributed by atoms with van der Waals surface area (Å²) in [7, 11) is 0. The molecule has 1 saturated heterocycles. The highest BCUT2D eigenvalue weighted by Gasteiger charge is 2.18. The van der Waals surface area contributed by atoms with E-state index < -0.39 is 0 Å². The Balaban J connectivity index is 2.03. The van der Waals surface area contributed by atoms with Gasteiger partial charge >= 0.3 is 0 Å². The number of benzene rings is 1. The Labute approximate surface area is 122 Å². The molecule has 3 N–H and O–H groups in total. The Morgan fingerprint density at radius 3 is 2.70 bits per heavy atom. The molecule has 5 nitrogen and oxygen atoms in total. The van der Waals surface area contributed by atoms with Crippen LogP contribution in [-0.2, 0) is 4.79 Å². The largest absolute Gasteiger partial charge is 0.352 e. The van der Waals surface area contributed by atoms with Crippen molar-refractivity contribution in [3.05, 3.63) is 23.8 Å². The molecule has 0 atom stereocenters. The van der Waals surface area contributed by atoms with E-state index in [1.54, 1.807) is 12.1 Å². The third kappa shape index (κ3) is 3.74. The number of carbonyl (C=O) groups excluding carboxylic acids is 2. The van der Waals surface area contributed by atoms with Crippen LogP contribution in [0.5, 0.6) is 0 Å². The first kappa shape index (κ1) is 14.9. The zero-order valence-electron chi connectivity index (χ0n) is 11.7. The van der Waals surface area contributed by atoms with Crippen molar-refractivity contribution in [3.8, 4) is 0 Å². The fourth-order valence-electron chi connectivity index (χ4n) is 1.96. The van der Waals surface area contributed by atoms with Crippen molar-refractivity contribution in [3.63, 3.8) is 0 Å². The number of amides is 2. The van der Waals surface area contributed by atoms with Gasteiger partial charge in [-0.05, 0) is 24.5 Å². The summed E-state index contributed by atoms with van der Waals surface area (Å²) in [6.45, 7) is 4.11. The van der Waals surface area contributed by atoms with Crippen molar-refractivity contribution in [1.82, 2.24) is 10.6 Å². The first-order chi connectivity index (χ1) is 9.60. The number of anilines is 1. The van der Waals surface area contributed by atoms with Crippen LogP contribution in [0.4, 0.5) is 5.69 Å². The summed E-state index contributed by atoms with van der Waals surface area (Å²) in [5.74, 6) is 0.356. The summed E-state index contributed by atoms with van der Waals surface area (Å²) in [5.41, 5.74) is 1.36. The molecule has 0 unspecified atom stereocenters. The fourth-order valence-corrected chi connectivity index (χ4v) is 2.54. The number of hydrogen-bond acceptors (Lipinski definition) is 4. The maximum Gasteiger partial charge on any atom is 0.251 e. The first-order valence-corrected chi connectivity index (χ1v) is 7.77. The minimum absolute atomic E-state index is 0.0680. The van der Waals surface area contributed by atoms with E-state index >= 15 is 0 Å². The highest BCUT2D eigenvalue weighted by Crippen LogP contribution is 2.26. The van der Waals surface area contributed by atoms with Crippen LogP contribution in [0.25, 0.3) is 0 Å². The number of rotatable bonds is 5. The highest BCUT2D eigenvalue weighted by molar-refractivity contribution is 7.98. The van der Waals surface area contributed by atoms with Gasteiger partial charge in [0.25, 0.3) is 5.91 Å². The maximum absolute atomic E-state index is 12.1. The topological polar surface area (TPSA) is 70.2 Å². The number of thioether (sulfide) groups is 1. The van der Waals surface area contributed by atoms with E-state index in [2.05, 4.69) is 16.0 Å². The van der Waals surface area contributed by atoms with Crippen molar-refractivity contribution >= 4 is 29.3 Å². The molecule has 0 radical (unpaired) electrons. The molecular formula is C14H19N3O2S. The predicted molar refractivity (Wildman–Crippen MR) is 81.2 cm³/mol. The van der Waals surface area contributed by atoms with E-state index in [1.165, 1.54) is 18.7 Å². The van der Waals surface area contributed by atoms with Gasteiger partial charge in [0.1, 0.15) is 0 Å². The molecule has 6 heteroatoms. The van der Waals surface area contributed by atoms with E-state index in [9.17, 15) is 9.59 Å². The molecule has 0 aliphatic carbocycles. The third-order valence-corrected chi connectivity index (χ3v) is 3.97. The van der Waals surface area contributed by atoms with Gasteiger partial charge in [-0.2, -0.15) is 0 Å². The second-order valence-corrected chi connectivity index (χ2v) is 5.68. The number of nitrogens with one attached hydrogen (secondary N) is 3. The van der Waals surface area contributed by atoms with E-state index in [0.717, 1.165) is 23.7 Å². The van der Waals surface area contributed by atoms with Crippen LogP contribution in [0, 0.1) is 5.92 Å². The lowest BCUT2D eigenvalue weighted by molar-refractivity contribution is -0.114. The van der Waals surface area contributed by atoms with Gasteiger partial charge in [-0.1, -0.05) is 0 Å². The van der Waals surface area contributed by atoms with Gasteiger partial charge in [-0.25, -0.2) is 0 Å². The second-order valence-electron chi connectivity index (χ2n) is 4.83. The zero-order valence-corrected chi connectivity index (χ0v) is 12.5. The Morgan fingerprint density at radius 2 is 2.15 bits per heavy atom. The summed E-state index contributed by atoms with van der Waals surface area (Å²) >= 11 is 1.50. The van der Waals surface area contributed by atoms with Crippen molar-refractivity contribution in [2.75, 3.05) is 31.2 Å². The number of carbonyl (C=O) groups is 2. The monoisotopic (exact) mass is 293 g/mol. The van der Waals surface area contributed by atoms with Crippen molar-refractivity contribution in [2.45, 2.75) is 11.8 Å². The molecule has 1 heterocycles. The lowest BCUT2D eigenvalue weighted by atomic mass is 10.0. The van der Waals surface area contributed by atoms with Gasteiger partial charge in [-0.3, -0.25) is 9.59 Å². The van der Waals surface area contributed by atoms with Crippen LogP contribution in [0.1, 0.15) is 17.3 Å².